The van der Waals surface area contributed by atoms with Crippen LogP contribution in [0.2, 0.25) is 0 Å². The van der Waals surface area contributed by atoms with E-state index in [4.69, 9.17) is 16.2 Å². The Labute approximate surface area is 220 Å². The maximum Gasteiger partial charge on any atom is 0.240 e. The molecular weight excluding hydrogens is 516 g/mol. The lowest BCUT2D eigenvalue weighted by Gasteiger charge is -2.63. The lowest BCUT2D eigenvalue weighted by molar-refractivity contribution is -0.00939. The van der Waals surface area contributed by atoms with Gasteiger partial charge in [-0.05, 0) is 36.5 Å². The summed E-state index contributed by atoms with van der Waals surface area (Å²) in [6.45, 7) is 0.827. The molecule has 0 radical (unpaired) electrons. The van der Waals surface area contributed by atoms with Crippen molar-refractivity contribution in [1.82, 2.24) is 24.5 Å². The Balaban J connectivity index is 1.45. The number of benzene rings is 1. The van der Waals surface area contributed by atoms with Crippen LogP contribution in [-0.4, -0.2) is 56.2 Å². The van der Waals surface area contributed by atoms with Crippen molar-refractivity contribution < 1.29 is 22.3 Å². The van der Waals surface area contributed by atoms with Gasteiger partial charge in [0.25, 0.3) is 0 Å². The van der Waals surface area contributed by atoms with Crippen LogP contribution in [0, 0.1) is 17.6 Å². The van der Waals surface area contributed by atoms with E-state index < -0.39 is 30.0 Å². The molecule has 3 atom stereocenters. The van der Waals surface area contributed by atoms with Crippen LogP contribution in [0.1, 0.15) is 24.8 Å². The fraction of sp³-hybridized carbons (Fsp3) is 0.385. The molecule has 9 nitrogen and oxygen atoms in total. The van der Waals surface area contributed by atoms with E-state index in [0.717, 1.165) is 12.1 Å². The Hall–Kier alpha value is -4.00. The van der Waals surface area contributed by atoms with Crippen molar-refractivity contribution in [2.75, 3.05) is 24.3 Å². The number of piperidine rings is 2. The normalized spacial score (nSPS) is 22.4. The second-order valence-electron chi connectivity index (χ2n) is 10.1. The highest BCUT2D eigenvalue weighted by Gasteiger charge is 2.58. The molecule has 3 aliphatic rings. The maximum absolute atomic E-state index is 15.0. The van der Waals surface area contributed by atoms with Crippen molar-refractivity contribution in [1.29, 1.82) is 0 Å². The second-order valence-corrected chi connectivity index (χ2v) is 10.1. The standard InChI is InChI=1S/C26H26F4N8O/c1-39-20-7-16(27)15(6-17(20)28)18-4-13(10-37-12-36-23-24(31)34-11-35-25(23)37)19(9-33-18)38-3-2-14-5-21(38)26(14,32)8-22(29)30/h4,6-7,9,11-12,14,21-22H,2-3,5,8,10,32H2,1H3,(H2,31,34,35)/t14?,21?,26-/m1/s1. The SMILES string of the molecule is COc1cc(F)c(-c2cc(Cn3cnc4c(N)ncnc43)c(N3CCC4CC3[C@@]4(N)CC(F)F)cn2)cc1F. The van der Waals surface area contributed by atoms with Crippen LogP contribution in [0.15, 0.2) is 37.1 Å². The number of hydrogen-bond donors (Lipinski definition) is 2. The number of hydrogen-bond acceptors (Lipinski definition) is 8. The zero-order valence-electron chi connectivity index (χ0n) is 21.0. The number of nitrogens with two attached hydrogens (primary N) is 2. The van der Waals surface area contributed by atoms with E-state index in [1.54, 1.807) is 23.2 Å². The van der Waals surface area contributed by atoms with Crippen molar-refractivity contribution in [2.45, 2.75) is 43.8 Å². The van der Waals surface area contributed by atoms with Gasteiger partial charge in [0, 0.05) is 36.2 Å². The zero-order chi connectivity index (χ0) is 27.5. The molecule has 0 spiro atoms. The lowest BCUT2D eigenvalue weighted by Crippen LogP contribution is -2.75. The highest BCUT2D eigenvalue weighted by atomic mass is 19.3. The molecule has 2 saturated heterocycles. The van der Waals surface area contributed by atoms with Crippen LogP contribution in [0.5, 0.6) is 5.75 Å². The van der Waals surface area contributed by atoms with Gasteiger partial charge in [-0.1, -0.05) is 0 Å². The van der Waals surface area contributed by atoms with E-state index in [-0.39, 0.29) is 41.3 Å². The number of rotatable bonds is 7. The minimum absolute atomic E-state index is 0.0251. The van der Waals surface area contributed by atoms with E-state index in [2.05, 4.69) is 19.9 Å². The number of anilines is 2. The molecule has 1 aromatic carbocycles. The molecule has 0 amide bonds. The van der Waals surface area contributed by atoms with Gasteiger partial charge < -0.3 is 25.7 Å². The van der Waals surface area contributed by atoms with Gasteiger partial charge in [-0.15, -0.1) is 0 Å². The molecule has 39 heavy (non-hydrogen) atoms. The molecule has 4 aromatic rings. The first-order chi connectivity index (χ1) is 18.7. The summed E-state index contributed by atoms with van der Waals surface area (Å²) in [6, 6.07) is 3.36. The second kappa shape index (κ2) is 9.33. The highest BCUT2D eigenvalue weighted by molar-refractivity contribution is 5.81. The Bertz CT molecular complexity index is 1560. The average molecular weight is 543 g/mol. The molecular formula is C26H26F4N8O. The molecule has 1 saturated carbocycles. The van der Waals surface area contributed by atoms with Crippen LogP contribution in [0.4, 0.5) is 29.1 Å². The fourth-order valence-electron chi connectivity index (χ4n) is 6.03. The molecule has 3 fully saturated rings. The van der Waals surface area contributed by atoms with Gasteiger partial charge in [0.15, 0.2) is 23.0 Å². The van der Waals surface area contributed by atoms with Crippen LogP contribution < -0.4 is 21.1 Å². The minimum atomic E-state index is -2.52. The third kappa shape index (κ3) is 4.11. The fourth-order valence-corrected chi connectivity index (χ4v) is 6.03. The first kappa shape index (κ1) is 25.3. The Kier molecular flexibility index (Phi) is 6.05. The molecule has 7 rings (SSSR count). The third-order valence-electron chi connectivity index (χ3n) is 8.05. The molecule has 2 bridgehead atoms. The third-order valence-corrected chi connectivity index (χ3v) is 8.05. The summed E-state index contributed by atoms with van der Waals surface area (Å²) >= 11 is 0. The summed E-state index contributed by atoms with van der Waals surface area (Å²) in [5.74, 6) is -1.41. The zero-order valence-corrected chi connectivity index (χ0v) is 21.0. The van der Waals surface area contributed by atoms with E-state index in [1.807, 2.05) is 4.90 Å². The number of aromatic nitrogens is 5. The van der Waals surface area contributed by atoms with Gasteiger partial charge in [-0.3, -0.25) is 4.98 Å². The molecule has 2 aliphatic heterocycles. The monoisotopic (exact) mass is 542 g/mol. The van der Waals surface area contributed by atoms with Gasteiger partial charge in [0.2, 0.25) is 6.43 Å². The molecule has 5 heterocycles. The molecule has 13 heteroatoms. The topological polar surface area (TPSA) is 121 Å². The first-order valence-corrected chi connectivity index (χ1v) is 12.5. The number of pyridine rings is 1. The maximum atomic E-state index is 15.0. The minimum Gasteiger partial charge on any atom is -0.494 e. The van der Waals surface area contributed by atoms with E-state index in [0.29, 0.717) is 41.8 Å². The molecule has 1 aliphatic carbocycles. The van der Waals surface area contributed by atoms with Crippen LogP contribution in [0.25, 0.3) is 22.4 Å². The number of nitrogens with zero attached hydrogens (tertiary/aromatic N) is 6. The van der Waals surface area contributed by atoms with Crippen LogP contribution in [-0.2, 0) is 6.54 Å². The summed E-state index contributed by atoms with van der Waals surface area (Å²) in [7, 11) is 1.25. The van der Waals surface area contributed by atoms with E-state index in [1.165, 1.54) is 13.4 Å². The number of ether oxygens (including phenoxy) is 1. The van der Waals surface area contributed by atoms with Crippen LogP contribution in [0.3, 0.4) is 0 Å². The molecule has 2 unspecified atom stereocenters. The number of nitrogen functional groups attached to an aromatic ring is 1. The smallest absolute Gasteiger partial charge is 0.240 e. The Morgan fingerprint density at radius 1 is 1.13 bits per heavy atom. The van der Waals surface area contributed by atoms with Gasteiger partial charge in [-0.2, -0.15) is 0 Å². The number of alkyl halides is 2. The van der Waals surface area contributed by atoms with E-state index >= 15 is 0 Å². The van der Waals surface area contributed by atoms with Crippen molar-refractivity contribution >= 4 is 22.7 Å². The molecule has 4 N–H and O–H groups in total. The van der Waals surface area contributed by atoms with Crippen LogP contribution >= 0.6 is 0 Å². The van der Waals surface area contributed by atoms with Crippen molar-refractivity contribution in [3.05, 3.63) is 54.2 Å². The Morgan fingerprint density at radius 3 is 2.69 bits per heavy atom. The predicted octanol–water partition coefficient (Wildman–Crippen LogP) is 3.76. The summed E-state index contributed by atoms with van der Waals surface area (Å²) in [4.78, 5) is 19.1. The predicted molar refractivity (Wildman–Crippen MR) is 136 cm³/mol. The quantitative estimate of drug-likeness (QED) is 0.339. The summed E-state index contributed by atoms with van der Waals surface area (Å²) in [5, 5.41) is 0. The average Bonchev–Trinajstić information content (AvgIpc) is 3.33. The number of halogens is 4. The number of imidazole rings is 1. The van der Waals surface area contributed by atoms with Crippen molar-refractivity contribution in [2.24, 2.45) is 11.7 Å². The highest BCUT2D eigenvalue weighted by Crippen LogP contribution is 2.51. The van der Waals surface area contributed by atoms with Gasteiger partial charge in [0.1, 0.15) is 17.7 Å². The lowest BCUT2D eigenvalue weighted by atomic mass is 9.57. The number of methoxy groups -OCH3 is 1. The first-order valence-electron chi connectivity index (χ1n) is 12.5. The van der Waals surface area contributed by atoms with Gasteiger partial charge in [0.05, 0.1) is 37.6 Å². The summed E-state index contributed by atoms with van der Waals surface area (Å²) in [5.41, 5.74) is 13.9. The Morgan fingerprint density at radius 2 is 1.95 bits per heavy atom. The molecule has 204 valence electrons. The summed E-state index contributed by atoms with van der Waals surface area (Å²) < 4.78 is 63.0. The van der Waals surface area contributed by atoms with Gasteiger partial charge >= 0.3 is 0 Å². The summed E-state index contributed by atoms with van der Waals surface area (Å²) in [6.07, 6.45) is 2.91. The van der Waals surface area contributed by atoms with Gasteiger partial charge in [-0.25, -0.2) is 32.5 Å². The van der Waals surface area contributed by atoms with E-state index in [9.17, 15) is 17.6 Å². The van der Waals surface area contributed by atoms with Crippen molar-refractivity contribution in [3.63, 3.8) is 0 Å². The molecule has 3 aromatic heterocycles. The van der Waals surface area contributed by atoms with Crippen molar-refractivity contribution in [3.8, 4) is 17.0 Å². The largest absolute Gasteiger partial charge is 0.494 e. The number of fused-ring (bicyclic) bond motifs is 3.